The molecule has 0 saturated carbocycles. The van der Waals surface area contributed by atoms with Crippen LogP contribution in [0.1, 0.15) is 30.9 Å². The van der Waals surface area contributed by atoms with Gasteiger partial charge in [0.25, 0.3) is 0 Å². The van der Waals surface area contributed by atoms with E-state index in [1.165, 1.54) is 0 Å². The predicted molar refractivity (Wildman–Crippen MR) is 91.5 cm³/mol. The van der Waals surface area contributed by atoms with E-state index >= 15 is 0 Å². The third-order valence-corrected chi connectivity index (χ3v) is 3.97. The highest BCUT2D eigenvalue weighted by atomic mass is 16.5. The van der Waals surface area contributed by atoms with Gasteiger partial charge in [-0.15, -0.1) is 4.91 Å². The van der Waals surface area contributed by atoms with Gasteiger partial charge in [0.15, 0.2) is 0 Å². The van der Waals surface area contributed by atoms with Crippen LogP contribution in [-0.4, -0.2) is 16.5 Å². The molecule has 0 amide bonds. The smallest absolute Gasteiger partial charge is 0.209 e. The third-order valence-electron chi connectivity index (χ3n) is 3.97. The maximum atomic E-state index is 11.5. The second kappa shape index (κ2) is 5.83. The summed E-state index contributed by atoms with van der Waals surface area (Å²) in [5, 5.41) is 3.22. The molecule has 0 radical (unpaired) electrons. The molecule has 3 aromatic rings. The van der Waals surface area contributed by atoms with Crippen LogP contribution in [0.25, 0.3) is 16.9 Å². The molecule has 0 fully saturated rings. The Morgan fingerprint density at radius 3 is 2.65 bits per heavy atom. The van der Waals surface area contributed by atoms with E-state index in [2.05, 4.69) is 24.0 Å². The van der Waals surface area contributed by atoms with E-state index in [4.69, 9.17) is 4.74 Å². The van der Waals surface area contributed by atoms with Crippen molar-refractivity contribution in [3.63, 3.8) is 0 Å². The molecule has 0 N–H and O–H groups in total. The first-order valence-electron chi connectivity index (χ1n) is 7.55. The molecule has 5 nitrogen and oxygen atoms in total. The lowest BCUT2D eigenvalue weighted by Gasteiger charge is -2.11. The number of rotatable bonds is 4. The number of methoxy groups -OCH3 is 1. The monoisotopic (exact) mass is 309 g/mol. The van der Waals surface area contributed by atoms with Crippen molar-refractivity contribution in [3.05, 3.63) is 52.6 Å². The fraction of sp³-hybridized carbons (Fsp3) is 0.278. The normalized spacial score (nSPS) is 11.2. The maximum absolute atomic E-state index is 11.5. The SMILES string of the molecule is COc1ccc(C(C)C)cc1-c1nc2ccc(C)cn2c1N=O. The molecular weight excluding hydrogens is 290 g/mol. The molecule has 23 heavy (non-hydrogen) atoms. The number of benzene rings is 1. The van der Waals surface area contributed by atoms with E-state index in [1.807, 2.05) is 43.5 Å². The molecule has 0 spiro atoms. The number of pyridine rings is 1. The van der Waals surface area contributed by atoms with E-state index in [0.29, 0.717) is 28.8 Å². The zero-order valence-corrected chi connectivity index (χ0v) is 13.7. The first kappa shape index (κ1) is 15.2. The van der Waals surface area contributed by atoms with Crippen molar-refractivity contribution in [2.75, 3.05) is 7.11 Å². The van der Waals surface area contributed by atoms with Crippen LogP contribution in [0.15, 0.2) is 41.7 Å². The third kappa shape index (κ3) is 2.59. The van der Waals surface area contributed by atoms with Gasteiger partial charge in [-0.05, 0) is 47.3 Å². The van der Waals surface area contributed by atoms with Gasteiger partial charge < -0.3 is 4.74 Å². The Morgan fingerprint density at radius 2 is 2.00 bits per heavy atom. The van der Waals surface area contributed by atoms with Crippen molar-refractivity contribution in [3.8, 4) is 17.0 Å². The second-order valence-corrected chi connectivity index (χ2v) is 5.92. The zero-order valence-electron chi connectivity index (χ0n) is 13.7. The number of hydrogen-bond donors (Lipinski definition) is 0. The number of nitrogens with zero attached hydrogens (tertiary/aromatic N) is 3. The minimum Gasteiger partial charge on any atom is -0.496 e. The van der Waals surface area contributed by atoms with Crippen LogP contribution < -0.4 is 4.74 Å². The molecule has 0 aliphatic rings. The van der Waals surface area contributed by atoms with Gasteiger partial charge in [-0.2, -0.15) is 0 Å². The van der Waals surface area contributed by atoms with Gasteiger partial charge in [-0.25, -0.2) is 4.98 Å². The van der Waals surface area contributed by atoms with Gasteiger partial charge in [-0.3, -0.25) is 4.40 Å². The molecule has 0 saturated heterocycles. The minimum atomic E-state index is 0.294. The zero-order chi connectivity index (χ0) is 16.6. The number of ether oxygens (including phenoxy) is 1. The Bertz CT molecular complexity index is 881. The lowest BCUT2D eigenvalue weighted by molar-refractivity contribution is 0.416. The molecule has 118 valence electrons. The molecule has 0 atom stereocenters. The summed E-state index contributed by atoms with van der Waals surface area (Å²) in [6.45, 7) is 6.21. The fourth-order valence-electron chi connectivity index (χ4n) is 2.68. The summed E-state index contributed by atoms with van der Waals surface area (Å²) in [6.07, 6.45) is 1.86. The average molecular weight is 309 g/mol. The number of nitroso groups, excluding NO2 is 1. The summed E-state index contributed by atoms with van der Waals surface area (Å²) in [4.78, 5) is 16.0. The van der Waals surface area contributed by atoms with E-state index < -0.39 is 0 Å². The van der Waals surface area contributed by atoms with E-state index in [-0.39, 0.29) is 0 Å². The summed E-state index contributed by atoms with van der Waals surface area (Å²) in [6, 6.07) is 9.80. The number of hydrogen-bond acceptors (Lipinski definition) is 4. The molecule has 2 heterocycles. The van der Waals surface area contributed by atoms with Crippen molar-refractivity contribution in [2.24, 2.45) is 5.18 Å². The molecule has 5 heteroatoms. The lowest BCUT2D eigenvalue weighted by Crippen LogP contribution is -1.93. The quantitative estimate of drug-likeness (QED) is 0.648. The van der Waals surface area contributed by atoms with Crippen LogP contribution in [0, 0.1) is 11.8 Å². The van der Waals surface area contributed by atoms with Gasteiger partial charge in [0.2, 0.25) is 5.82 Å². The van der Waals surface area contributed by atoms with Crippen LogP contribution in [-0.2, 0) is 0 Å². The van der Waals surface area contributed by atoms with Crippen molar-refractivity contribution in [2.45, 2.75) is 26.7 Å². The summed E-state index contributed by atoms with van der Waals surface area (Å²) in [5.74, 6) is 1.34. The Kier molecular flexibility index (Phi) is 3.86. The van der Waals surface area contributed by atoms with E-state index in [0.717, 1.165) is 16.7 Å². The molecule has 2 aromatic heterocycles. The fourth-order valence-corrected chi connectivity index (χ4v) is 2.68. The number of aromatic nitrogens is 2. The van der Waals surface area contributed by atoms with Gasteiger partial charge in [0.1, 0.15) is 17.1 Å². The Labute approximate surface area is 134 Å². The summed E-state index contributed by atoms with van der Waals surface area (Å²) >= 11 is 0. The molecule has 3 rings (SSSR count). The molecule has 0 unspecified atom stereocenters. The number of fused-ring (bicyclic) bond motifs is 1. The second-order valence-electron chi connectivity index (χ2n) is 5.92. The average Bonchev–Trinajstić information content (AvgIpc) is 2.91. The van der Waals surface area contributed by atoms with Crippen LogP contribution in [0.5, 0.6) is 5.75 Å². The highest BCUT2D eigenvalue weighted by Crippen LogP contribution is 2.38. The van der Waals surface area contributed by atoms with Crippen molar-refractivity contribution >= 4 is 11.5 Å². The van der Waals surface area contributed by atoms with Crippen LogP contribution in [0.4, 0.5) is 5.82 Å². The van der Waals surface area contributed by atoms with Crippen LogP contribution in [0.3, 0.4) is 0 Å². The molecule has 0 bridgehead atoms. The number of aryl methyl sites for hydroxylation is 1. The highest BCUT2D eigenvalue weighted by Gasteiger charge is 2.19. The summed E-state index contributed by atoms with van der Waals surface area (Å²) in [7, 11) is 1.61. The largest absolute Gasteiger partial charge is 0.496 e. The lowest BCUT2D eigenvalue weighted by atomic mass is 9.99. The molecule has 0 aliphatic carbocycles. The summed E-state index contributed by atoms with van der Waals surface area (Å²) < 4.78 is 7.18. The number of imidazole rings is 1. The van der Waals surface area contributed by atoms with Gasteiger partial charge in [0.05, 0.1) is 7.11 Å². The topological polar surface area (TPSA) is 56.0 Å². The van der Waals surface area contributed by atoms with Crippen molar-refractivity contribution in [1.29, 1.82) is 0 Å². The standard InChI is InChI=1S/C18H19N3O2/c1-11(2)13-6-7-15(23-4)14(9-13)17-18(20-22)21-10-12(3)5-8-16(21)19-17/h5-11H,1-4H3. The van der Waals surface area contributed by atoms with Crippen molar-refractivity contribution < 1.29 is 4.74 Å². The van der Waals surface area contributed by atoms with E-state index in [9.17, 15) is 4.91 Å². The van der Waals surface area contributed by atoms with Gasteiger partial charge in [0, 0.05) is 11.8 Å². The van der Waals surface area contributed by atoms with Crippen LogP contribution in [0.2, 0.25) is 0 Å². The first-order chi connectivity index (χ1) is 11.0. The van der Waals surface area contributed by atoms with Crippen molar-refractivity contribution in [1.82, 2.24) is 9.38 Å². The molecule has 1 aromatic carbocycles. The highest BCUT2D eigenvalue weighted by molar-refractivity contribution is 5.79. The van der Waals surface area contributed by atoms with Gasteiger partial charge in [-0.1, -0.05) is 26.0 Å². The first-order valence-corrected chi connectivity index (χ1v) is 7.55. The Hall–Kier alpha value is -2.69. The molecule has 0 aliphatic heterocycles. The maximum Gasteiger partial charge on any atom is 0.209 e. The Morgan fingerprint density at radius 1 is 1.22 bits per heavy atom. The van der Waals surface area contributed by atoms with Gasteiger partial charge >= 0.3 is 0 Å². The summed E-state index contributed by atoms with van der Waals surface area (Å²) in [5.41, 5.74) is 4.22. The minimum absolute atomic E-state index is 0.294. The van der Waals surface area contributed by atoms with Crippen LogP contribution >= 0.6 is 0 Å². The molecular formula is C18H19N3O2. The predicted octanol–water partition coefficient (Wildman–Crippen LogP) is 4.84. The van der Waals surface area contributed by atoms with E-state index in [1.54, 1.807) is 11.5 Å². The Balaban J connectivity index is 2.31.